The minimum absolute atomic E-state index is 0.0413. The monoisotopic (exact) mass is 208 g/mol. The van der Waals surface area contributed by atoms with Gasteiger partial charge in [-0.1, -0.05) is 35.2 Å². The number of benzene rings is 1. The predicted octanol–water partition coefficient (Wildman–Crippen LogP) is 2.31. The quantitative estimate of drug-likeness (QED) is 0.435. The fraction of sp³-hybridized carbons (Fsp3) is 0.300. The van der Waals surface area contributed by atoms with Crippen LogP contribution in [0, 0.1) is 5.21 Å². The number of ether oxygens (including phenoxy) is 1. The van der Waals surface area contributed by atoms with Gasteiger partial charge in [-0.25, -0.2) is 4.79 Å². The molecule has 0 fully saturated rings. The molecule has 1 amide bonds. The molecule has 0 aliphatic rings. The van der Waals surface area contributed by atoms with Crippen LogP contribution in [0.5, 0.6) is 0 Å². The fourth-order valence-electron chi connectivity index (χ4n) is 1.02. The molecule has 5 nitrogen and oxygen atoms in total. The molecule has 0 saturated heterocycles. The van der Waals surface area contributed by atoms with Crippen molar-refractivity contribution in [1.82, 2.24) is 0 Å². The van der Waals surface area contributed by atoms with Gasteiger partial charge in [-0.2, -0.15) is 0 Å². The molecule has 1 rings (SSSR count). The van der Waals surface area contributed by atoms with Crippen LogP contribution in [-0.4, -0.2) is 17.6 Å². The number of hydrogen-bond donors (Lipinski definition) is 0. The van der Waals surface area contributed by atoms with Crippen molar-refractivity contribution < 1.29 is 14.4 Å². The molecule has 0 aliphatic heterocycles. The van der Waals surface area contributed by atoms with Crippen LogP contribution in [0.25, 0.3) is 0 Å². The van der Waals surface area contributed by atoms with Crippen LogP contribution in [0.4, 0.5) is 4.79 Å². The summed E-state index contributed by atoms with van der Waals surface area (Å²) in [5.41, 5.74) is 0.792. The summed E-state index contributed by atoms with van der Waals surface area (Å²) >= 11 is 0. The second-order valence-electron chi connectivity index (χ2n) is 2.79. The lowest BCUT2D eigenvalue weighted by Crippen LogP contribution is -2.06. The Morgan fingerprint density at radius 1 is 1.47 bits per heavy atom. The van der Waals surface area contributed by atoms with E-state index in [0.717, 1.165) is 5.56 Å². The highest BCUT2D eigenvalue weighted by Crippen LogP contribution is 2.00. The van der Waals surface area contributed by atoms with E-state index in [4.69, 9.17) is 0 Å². The Bertz CT molecular complexity index is 349. The van der Waals surface area contributed by atoms with Crippen LogP contribution in [-0.2, 0) is 11.3 Å². The highest BCUT2D eigenvalue weighted by atomic mass is 16.6. The molecule has 0 spiro atoms. The standard InChI is InChI=1S/C10H12N2O3/c1-2-15-10(13)11-12(14)8-9-6-4-3-5-7-9/h3-7H,2,8H2,1H3/b12-11-. The maximum Gasteiger partial charge on any atom is 0.491 e. The summed E-state index contributed by atoms with van der Waals surface area (Å²) in [4.78, 5) is 11.1. The summed E-state index contributed by atoms with van der Waals surface area (Å²) in [7, 11) is 0. The predicted molar refractivity (Wildman–Crippen MR) is 53.2 cm³/mol. The number of rotatable bonds is 3. The van der Waals surface area contributed by atoms with Gasteiger partial charge in [0.15, 0.2) is 0 Å². The molecule has 0 aliphatic carbocycles. The van der Waals surface area contributed by atoms with Gasteiger partial charge in [0, 0.05) is 5.56 Å². The van der Waals surface area contributed by atoms with Gasteiger partial charge >= 0.3 is 6.09 Å². The molecular weight excluding hydrogens is 196 g/mol. The third-order valence-corrected chi connectivity index (χ3v) is 1.62. The van der Waals surface area contributed by atoms with Crippen molar-refractivity contribution >= 4 is 6.09 Å². The number of nitrogens with zero attached hydrogens (tertiary/aromatic N) is 2. The van der Waals surface area contributed by atoms with Crippen molar-refractivity contribution in [3.8, 4) is 0 Å². The Kier molecular flexibility index (Phi) is 4.28. The third kappa shape index (κ3) is 4.21. The van der Waals surface area contributed by atoms with E-state index < -0.39 is 6.09 Å². The van der Waals surface area contributed by atoms with Crippen molar-refractivity contribution in [3.63, 3.8) is 0 Å². The Labute approximate surface area is 87.6 Å². The van der Waals surface area contributed by atoms with Crippen LogP contribution in [0.15, 0.2) is 35.4 Å². The maximum atomic E-state index is 11.1. The molecular formula is C10H12N2O3. The molecule has 0 heterocycles. The Morgan fingerprint density at radius 2 is 2.13 bits per heavy atom. The average Bonchev–Trinajstić information content (AvgIpc) is 2.19. The summed E-state index contributed by atoms with van der Waals surface area (Å²) in [5, 5.41) is 14.3. The lowest BCUT2D eigenvalue weighted by molar-refractivity contribution is -0.541. The van der Waals surface area contributed by atoms with E-state index >= 15 is 0 Å². The zero-order valence-electron chi connectivity index (χ0n) is 8.42. The number of hydrogen-bond acceptors (Lipinski definition) is 3. The first-order valence-corrected chi connectivity index (χ1v) is 4.59. The first kappa shape index (κ1) is 11.2. The lowest BCUT2D eigenvalue weighted by atomic mass is 10.2. The smallest absolute Gasteiger partial charge is 0.491 e. The van der Waals surface area contributed by atoms with E-state index in [-0.39, 0.29) is 13.2 Å². The number of carbonyl (C=O) groups excluding carboxylic acids is 1. The SMILES string of the molecule is CCOC(=O)/N=[N+](\[O-])Cc1ccccc1. The molecule has 15 heavy (non-hydrogen) atoms. The van der Waals surface area contributed by atoms with Crippen molar-refractivity contribution in [2.45, 2.75) is 13.5 Å². The van der Waals surface area contributed by atoms with Crippen LogP contribution < -0.4 is 0 Å². The van der Waals surface area contributed by atoms with E-state index in [9.17, 15) is 10.0 Å². The Balaban J connectivity index is 2.55. The topological polar surface area (TPSA) is 64.7 Å². The minimum Gasteiger partial charge on any atom is -0.599 e. The Hall–Kier alpha value is -1.91. The van der Waals surface area contributed by atoms with Gasteiger partial charge in [-0.15, -0.1) is 0 Å². The second kappa shape index (κ2) is 5.74. The Morgan fingerprint density at radius 3 is 2.73 bits per heavy atom. The summed E-state index contributed by atoms with van der Waals surface area (Å²) in [6.45, 7) is 1.90. The fourth-order valence-corrected chi connectivity index (χ4v) is 1.02. The summed E-state index contributed by atoms with van der Waals surface area (Å²) in [5.74, 6) is 0. The molecule has 0 atom stereocenters. The normalized spacial score (nSPS) is 11.1. The minimum atomic E-state index is -0.858. The van der Waals surface area contributed by atoms with E-state index in [1.807, 2.05) is 18.2 Å². The molecule has 0 radical (unpaired) electrons. The van der Waals surface area contributed by atoms with Crippen LogP contribution >= 0.6 is 0 Å². The lowest BCUT2D eigenvalue weighted by Gasteiger charge is -2.00. The van der Waals surface area contributed by atoms with Crippen molar-refractivity contribution in [2.24, 2.45) is 5.11 Å². The highest BCUT2D eigenvalue weighted by molar-refractivity contribution is 5.66. The zero-order chi connectivity index (χ0) is 11.1. The number of azo groups is 1. The van der Waals surface area contributed by atoms with E-state index in [0.29, 0.717) is 4.86 Å². The van der Waals surface area contributed by atoms with Gasteiger partial charge in [0.25, 0.3) is 0 Å². The van der Waals surface area contributed by atoms with Crippen molar-refractivity contribution in [1.29, 1.82) is 0 Å². The van der Waals surface area contributed by atoms with Crippen molar-refractivity contribution in [2.75, 3.05) is 6.61 Å². The van der Waals surface area contributed by atoms with E-state index in [2.05, 4.69) is 9.85 Å². The zero-order valence-corrected chi connectivity index (χ0v) is 8.42. The number of carbonyl (C=O) groups is 1. The van der Waals surface area contributed by atoms with E-state index in [1.54, 1.807) is 19.1 Å². The summed E-state index contributed by atoms with van der Waals surface area (Å²) in [6.07, 6.45) is -0.858. The molecule has 0 aromatic heterocycles. The second-order valence-corrected chi connectivity index (χ2v) is 2.79. The maximum absolute atomic E-state index is 11.1. The van der Waals surface area contributed by atoms with Crippen LogP contribution in [0.3, 0.4) is 0 Å². The van der Waals surface area contributed by atoms with E-state index in [1.165, 1.54) is 0 Å². The molecule has 5 heteroatoms. The number of hydroxylamine groups is 1. The largest absolute Gasteiger partial charge is 0.599 e. The first-order valence-electron chi connectivity index (χ1n) is 4.59. The van der Waals surface area contributed by atoms with Crippen molar-refractivity contribution in [3.05, 3.63) is 41.1 Å². The van der Waals surface area contributed by atoms with Gasteiger partial charge in [0.1, 0.15) is 0 Å². The average molecular weight is 208 g/mol. The molecule has 0 N–H and O–H groups in total. The summed E-state index contributed by atoms with van der Waals surface area (Å²) in [6, 6.07) is 9.04. The van der Waals surface area contributed by atoms with Gasteiger partial charge < -0.3 is 9.94 Å². The van der Waals surface area contributed by atoms with Crippen LogP contribution in [0.2, 0.25) is 0 Å². The molecule has 80 valence electrons. The summed E-state index contributed by atoms with van der Waals surface area (Å²) < 4.78 is 4.50. The molecule has 1 aromatic rings. The van der Waals surface area contributed by atoms with Gasteiger partial charge in [-0.05, 0) is 6.92 Å². The first-order chi connectivity index (χ1) is 7.22. The van der Waals surface area contributed by atoms with Gasteiger partial charge in [0.2, 0.25) is 6.54 Å². The number of amides is 1. The molecule has 0 saturated carbocycles. The molecule has 0 bridgehead atoms. The highest BCUT2D eigenvalue weighted by Gasteiger charge is 2.05. The molecule has 0 unspecified atom stereocenters. The van der Waals surface area contributed by atoms with Gasteiger partial charge in [-0.3, -0.25) is 0 Å². The van der Waals surface area contributed by atoms with Gasteiger partial charge in [0.05, 0.1) is 11.7 Å². The third-order valence-electron chi connectivity index (χ3n) is 1.62. The van der Waals surface area contributed by atoms with Crippen LogP contribution in [0.1, 0.15) is 12.5 Å². The molecule has 1 aromatic carbocycles.